The van der Waals surface area contributed by atoms with Gasteiger partial charge in [0.15, 0.2) is 0 Å². The number of rotatable bonds is 9. The van der Waals surface area contributed by atoms with Crippen molar-refractivity contribution in [3.05, 3.63) is 88.9 Å². The van der Waals surface area contributed by atoms with Crippen LogP contribution in [0.4, 0.5) is 0 Å². The molecule has 0 spiro atoms. The first kappa shape index (κ1) is 22.2. The Hall–Kier alpha value is -3.51. The summed E-state index contributed by atoms with van der Waals surface area (Å²) in [5, 5.41) is 0.662. The molecular formula is C24H23ClN2O4. The average molecular weight is 439 g/mol. The molecule has 0 heterocycles. The molecule has 0 atom stereocenters. The van der Waals surface area contributed by atoms with Crippen LogP contribution in [0, 0.1) is 0 Å². The number of hydrogen-bond acceptors (Lipinski definition) is 4. The van der Waals surface area contributed by atoms with E-state index in [9.17, 15) is 9.59 Å². The van der Waals surface area contributed by atoms with Crippen LogP contribution in [-0.4, -0.2) is 36.9 Å². The Labute approximate surface area is 186 Å². The van der Waals surface area contributed by atoms with Crippen LogP contribution in [0.25, 0.3) is 0 Å². The molecule has 31 heavy (non-hydrogen) atoms. The van der Waals surface area contributed by atoms with E-state index < -0.39 is 5.91 Å². The molecule has 3 rings (SSSR count). The van der Waals surface area contributed by atoms with Crippen molar-refractivity contribution in [1.29, 1.82) is 0 Å². The number of nitrogens with zero attached hydrogens (tertiary/aromatic N) is 1. The number of hydrogen-bond donors (Lipinski definition) is 1. The Morgan fingerprint density at radius 1 is 0.839 bits per heavy atom. The zero-order valence-corrected chi connectivity index (χ0v) is 17.8. The van der Waals surface area contributed by atoms with Crippen molar-refractivity contribution in [3.63, 3.8) is 0 Å². The van der Waals surface area contributed by atoms with E-state index in [1.54, 1.807) is 72.6 Å². The lowest BCUT2D eigenvalue weighted by molar-refractivity contribution is 0.0787. The van der Waals surface area contributed by atoms with E-state index in [0.717, 1.165) is 5.75 Å². The maximum absolute atomic E-state index is 12.6. The van der Waals surface area contributed by atoms with E-state index in [1.807, 2.05) is 12.1 Å². The smallest absolute Gasteiger partial charge is 0.253 e. The average Bonchev–Trinajstić information content (AvgIpc) is 2.78. The summed E-state index contributed by atoms with van der Waals surface area (Å²) in [5.74, 6) is 1.33. The van der Waals surface area contributed by atoms with Crippen LogP contribution in [0.1, 0.15) is 27.1 Å². The summed E-state index contributed by atoms with van der Waals surface area (Å²) >= 11 is 5.85. The highest BCUT2D eigenvalue weighted by Crippen LogP contribution is 2.22. The Morgan fingerprint density at radius 3 is 1.90 bits per heavy atom. The van der Waals surface area contributed by atoms with Gasteiger partial charge in [0, 0.05) is 29.7 Å². The monoisotopic (exact) mass is 438 g/mol. The summed E-state index contributed by atoms with van der Waals surface area (Å²) in [5.41, 5.74) is 6.21. The summed E-state index contributed by atoms with van der Waals surface area (Å²) in [6.45, 7) is 1.07. The highest BCUT2D eigenvalue weighted by atomic mass is 35.5. The van der Waals surface area contributed by atoms with Crippen LogP contribution >= 0.6 is 11.6 Å². The number of ether oxygens (including phenoxy) is 2. The molecule has 0 radical (unpaired) electrons. The van der Waals surface area contributed by atoms with Crippen LogP contribution in [0.15, 0.2) is 72.8 Å². The SMILES string of the molecule is CN(CCCOc1ccc(Cl)cc1)C(=O)c1ccc(Oc2ccc(C(N)=O)cc2)cc1. The van der Waals surface area contributed by atoms with E-state index in [0.29, 0.717) is 47.2 Å². The molecule has 2 amide bonds. The van der Waals surface area contributed by atoms with E-state index in [2.05, 4.69) is 0 Å². The molecule has 0 aromatic heterocycles. The number of benzene rings is 3. The minimum absolute atomic E-state index is 0.0798. The number of nitrogens with two attached hydrogens (primary N) is 1. The fourth-order valence-electron chi connectivity index (χ4n) is 2.83. The summed E-state index contributed by atoms with van der Waals surface area (Å²) < 4.78 is 11.4. The second-order valence-corrected chi connectivity index (χ2v) is 7.33. The lowest BCUT2D eigenvalue weighted by Gasteiger charge is -2.17. The fourth-order valence-corrected chi connectivity index (χ4v) is 2.96. The fraction of sp³-hybridized carbons (Fsp3) is 0.167. The van der Waals surface area contributed by atoms with E-state index in [-0.39, 0.29) is 5.91 Å². The lowest BCUT2D eigenvalue weighted by atomic mass is 10.2. The van der Waals surface area contributed by atoms with Gasteiger partial charge in [-0.3, -0.25) is 9.59 Å². The molecule has 160 valence electrons. The number of carbonyl (C=O) groups is 2. The maximum atomic E-state index is 12.6. The summed E-state index contributed by atoms with van der Waals surface area (Å²) in [6, 6.07) is 20.6. The molecule has 6 nitrogen and oxygen atoms in total. The molecule has 0 saturated heterocycles. The summed E-state index contributed by atoms with van der Waals surface area (Å²) in [6.07, 6.45) is 0.702. The van der Waals surface area contributed by atoms with Crippen molar-refractivity contribution in [3.8, 4) is 17.2 Å². The standard InChI is InChI=1S/C24H23ClN2O4/c1-27(15-2-16-30-20-13-7-19(25)8-14-20)24(29)18-5-11-22(12-6-18)31-21-9-3-17(4-10-21)23(26)28/h3-14H,2,15-16H2,1H3,(H2,26,28). The molecule has 0 saturated carbocycles. The molecular weight excluding hydrogens is 416 g/mol. The third-order valence-electron chi connectivity index (χ3n) is 4.54. The van der Waals surface area contributed by atoms with Crippen molar-refractivity contribution < 1.29 is 19.1 Å². The van der Waals surface area contributed by atoms with Gasteiger partial charge in [-0.25, -0.2) is 0 Å². The molecule has 0 aliphatic heterocycles. The molecule has 3 aromatic rings. The van der Waals surface area contributed by atoms with Gasteiger partial charge < -0.3 is 20.1 Å². The van der Waals surface area contributed by atoms with Gasteiger partial charge in [-0.1, -0.05) is 11.6 Å². The lowest BCUT2D eigenvalue weighted by Crippen LogP contribution is -2.28. The highest BCUT2D eigenvalue weighted by molar-refractivity contribution is 6.30. The third-order valence-corrected chi connectivity index (χ3v) is 4.79. The van der Waals surface area contributed by atoms with Crippen LogP contribution in [-0.2, 0) is 0 Å². The Bertz CT molecular complexity index is 1020. The first-order valence-electron chi connectivity index (χ1n) is 9.74. The Morgan fingerprint density at radius 2 is 1.35 bits per heavy atom. The Kier molecular flexibility index (Phi) is 7.51. The van der Waals surface area contributed by atoms with Crippen molar-refractivity contribution in [2.45, 2.75) is 6.42 Å². The van der Waals surface area contributed by atoms with Gasteiger partial charge in [-0.05, 0) is 79.2 Å². The molecule has 0 bridgehead atoms. The van der Waals surface area contributed by atoms with Crippen molar-refractivity contribution in [1.82, 2.24) is 4.90 Å². The number of carbonyl (C=O) groups excluding carboxylic acids is 2. The zero-order valence-electron chi connectivity index (χ0n) is 17.1. The van der Waals surface area contributed by atoms with E-state index in [4.69, 9.17) is 26.8 Å². The van der Waals surface area contributed by atoms with Gasteiger partial charge in [0.2, 0.25) is 5.91 Å². The van der Waals surface area contributed by atoms with Gasteiger partial charge in [0.05, 0.1) is 6.61 Å². The normalized spacial score (nSPS) is 10.4. The topological polar surface area (TPSA) is 81.9 Å². The van der Waals surface area contributed by atoms with Crippen molar-refractivity contribution in [2.24, 2.45) is 5.73 Å². The quantitative estimate of drug-likeness (QED) is 0.488. The molecule has 0 unspecified atom stereocenters. The highest BCUT2D eigenvalue weighted by Gasteiger charge is 2.12. The molecule has 0 aliphatic rings. The second-order valence-electron chi connectivity index (χ2n) is 6.90. The van der Waals surface area contributed by atoms with Crippen molar-refractivity contribution in [2.75, 3.05) is 20.2 Å². The predicted octanol–water partition coefficient (Wildman–Crippen LogP) is 4.77. The molecule has 2 N–H and O–H groups in total. The second kappa shape index (κ2) is 10.5. The first-order chi connectivity index (χ1) is 14.9. The van der Waals surface area contributed by atoms with Gasteiger partial charge in [-0.2, -0.15) is 0 Å². The van der Waals surface area contributed by atoms with Crippen LogP contribution in [0.2, 0.25) is 5.02 Å². The third kappa shape index (κ3) is 6.49. The number of halogens is 1. The number of primary amides is 1. The van der Waals surface area contributed by atoms with Gasteiger partial charge in [-0.15, -0.1) is 0 Å². The number of amides is 2. The zero-order chi connectivity index (χ0) is 22.2. The predicted molar refractivity (Wildman–Crippen MR) is 120 cm³/mol. The maximum Gasteiger partial charge on any atom is 0.253 e. The Balaban J connectivity index is 1.47. The molecule has 7 heteroatoms. The first-order valence-corrected chi connectivity index (χ1v) is 10.1. The van der Waals surface area contributed by atoms with Gasteiger partial charge >= 0.3 is 0 Å². The summed E-state index contributed by atoms with van der Waals surface area (Å²) in [7, 11) is 1.76. The summed E-state index contributed by atoms with van der Waals surface area (Å²) in [4.78, 5) is 25.4. The molecule has 0 aliphatic carbocycles. The van der Waals surface area contributed by atoms with E-state index in [1.165, 1.54) is 0 Å². The van der Waals surface area contributed by atoms with E-state index >= 15 is 0 Å². The van der Waals surface area contributed by atoms with Crippen molar-refractivity contribution >= 4 is 23.4 Å². The van der Waals surface area contributed by atoms with Gasteiger partial charge in [0.25, 0.3) is 5.91 Å². The minimum Gasteiger partial charge on any atom is -0.494 e. The van der Waals surface area contributed by atoms with Gasteiger partial charge in [0.1, 0.15) is 17.2 Å². The molecule has 0 fully saturated rings. The largest absolute Gasteiger partial charge is 0.494 e. The molecule has 3 aromatic carbocycles. The van der Waals surface area contributed by atoms with Crippen LogP contribution in [0.3, 0.4) is 0 Å². The van der Waals surface area contributed by atoms with Crippen LogP contribution < -0.4 is 15.2 Å². The van der Waals surface area contributed by atoms with Crippen LogP contribution in [0.5, 0.6) is 17.2 Å². The minimum atomic E-state index is -0.491.